The summed E-state index contributed by atoms with van der Waals surface area (Å²) in [5.41, 5.74) is 0. The van der Waals surface area contributed by atoms with Gasteiger partial charge in [-0.1, -0.05) is 0 Å². The van der Waals surface area contributed by atoms with Crippen molar-refractivity contribution in [2.24, 2.45) is 5.92 Å². The summed E-state index contributed by atoms with van der Waals surface area (Å²) >= 11 is 3.31. The molecule has 1 aromatic rings. The van der Waals surface area contributed by atoms with E-state index in [4.69, 9.17) is 9.47 Å². The van der Waals surface area contributed by atoms with E-state index in [2.05, 4.69) is 27.8 Å². The van der Waals surface area contributed by atoms with Crippen molar-refractivity contribution in [1.29, 1.82) is 0 Å². The van der Waals surface area contributed by atoms with Crippen molar-refractivity contribution in [3.63, 3.8) is 0 Å². The van der Waals surface area contributed by atoms with Gasteiger partial charge < -0.3 is 14.4 Å². The molecule has 1 unspecified atom stereocenters. The minimum absolute atomic E-state index is 0.0719. The maximum atomic E-state index is 11.9. The second kappa shape index (κ2) is 7.81. The summed E-state index contributed by atoms with van der Waals surface area (Å²) in [4.78, 5) is 17.8. The van der Waals surface area contributed by atoms with Crippen molar-refractivity contribution < 1.29 is 14.3 Å². The average Bonchev–Trinajstić information content (AvgIpc) is 2.49. The van der Waals surface area contributed by atoms with Gasteiger partial charge in [-0.15, -0.1) is 0 Å². The molecule has 0 radical (unpaired) electrons. The lowest BCUT2D eigenvalue weighted by Crippen LogP contribution is -2.42. The average molecular weight is 371 g/mol. The van der Waals surface area contributed by atoms with Gasteiger partial charge >= 0.3 is 6.09 Å². The first-order chi connectivity index (χ1) is 10.5. The molecule has 1 aliphatic heterocycles. The minimum Gasteiger partial charge on any atom is -0.489 e. The molecule has 2 rings (SSSR count). The van der Waals surface area contributed by atoms with Gasteiger partial charge in [0.15, 0.2) is 0 Å². The number of piperidine rings is 1. The Morgan fingerprint density at radius 1 is 1.32 bits per heavy atom. The van der Waals surface area contributed by atoms with Gasteiger partial charge in [0.05, 0.1) is 18.4 Å². The first-order valence-corrected chi connectivity index (χ1v) is 8.48. The highest BCUT2D eigenvalue weighted by molar-refractivity contribution is 9.10. The van der Waals surface area contributed by atoms with Crippen molar-refractivity contribution in [3.05, 3.63) is 22.9 Å². The zero-order valence-corrected chi connectivity index (χ0v) is 14.9. The van der Waals surface area contributed by atoms with Crippen LogP contribution in [0.25, 0.3) is 0 Å². The Morgan fingerprint density at radius 3 is 2.55 bits per heavy atom. The molecule has 6 heteroatoms. The number of likely N-dealkylation sites (tertiary alicyclic amines) is 1. The number of ether oxygens (including phenoxy) is 2. The molecule has 122 valence electrons. The number of halogens is 1. The third-order valence-electron chi connectivity index (χ3n) is 3.82. The summed E-state index contributed by atoms with van der Waals surface area (Å²) in [7, 11) is 0. The Kier molecular flexibility index (Phi) is 6.06. The van der Waals surface area contributed by atoms with E-state index in [1.807, 2.05) is 26.0 Å². The smallest absolute Gasteiger partial charge is 0.410 e. The molecule has 22 heavy (non-hydrogen) atoms. The molecule has 0 aromatic carbocycles. The van der Waals surface area contributed by atoms with E-state index in [1.165, 1.54) is 0 Å². The fraction of sp³-hybridized carbons (Fsp3) is 0.625. The van der Waals surface area contributed by atoms with Crippen LogP contribution in [0.1, 0.15) is 33.6 Å². The predicted octanol–water partition coefficient (Wildman–Crippen LogP) is 3.87. The van der Waals surface area contributed by atoms with Gasteiger partial charge in [-0.05, 0) is 67.6 Å². The molecule has 1 fully saturated rings. The van der Waals surface area contributed by atoms with Crippen LogP contribution >= 0.6 is 15.9 Å². The van der Waals surface area contributed by atoms with Gasteiger partial charge in [0.2, 0.25) is 0 Å². The summed E-state index contributed by atoms with van der Waals surface area (Å²) in [6.07, 6.45) is 3.40. The highest BCUT2D eigenvalue weighted by Crippen LogP contribution is 2.25. The Bertz CT molecular complexity index is 485. The Hall–Kier alpha value is -1.30. The van der Waals surface area contributed by atoms with Crippen molar-refractivity contribution in [2.45, 2.75) is 45.8 Å². The molecular formula is C16H23BrN2O3. The lowest BCUT2D eigenvalue weighted by atomic mass is 9.92. The van der Waals surface area contributed by atoms with E-state index in [0.29, 0.717) is 5.92 Å². The monoisotopic (exact) mass is 370 g/mol. The van der Waals surface area contributed by atoms with Gasteiger partial charge in [0.1, 0.15) is 10.4 Å². The number of carbonyl (C=O) groups excluding carboxylic acids is 1. The molecule has 0 aliphatic carbocycles. The van der Waals surface area contributed by atoms with Gasteiger partial charge in [0, 0.05) is 13.1 Å². The highest BCUT2D eigenvalue weighted by Gasteiger charge is 2.28. The summed E-state index contributed by atoms with van der Waals surface area (Å²) < 4.78 is 12.0. The third kappa shape index (κ3) is 4.87. The molecule has 0 spiro atoms. The first-order valence-electron chi connectivity index (χ1n) is 7.69. The number of carbonyl (C=O) groups is 1. The first kappa shape index (κ1) is 17.1. The summed E-state index contributed by atoms with van der Waals surface area (Å²) in [5, 5.41) is 0. The predicted molar refractivity (Wildman–Crippen MR) is 87.9 cm³/mol. The van der Waals surface area contributed by atoms with Crippen LogP contribution in [-0.4, -0.2) is 41.3 Å². The van der Waals surface area contributed by atoms with Crippen LogP contribution in [0.15, 0.2) is 22.9 Å². The van der Waals surface area contributed by atoms with Crippen molar-refractivity contribution >= 4 is 22.0 Å². The maximum Gasteiger partial charge on any atom is 0.410 e. The van der Waals surface area contributed by atoms with Gasteiger partial charge in [-0.25, -0.2) is 9.78 Å². The molecular weight excluding hydrogens is 348 g/mol. The number of hydrogen-bond donors (Lipinski definition) is 0. The number of pyridine rings is 1. The molecule has 1 aromatic heterocycles. The number of hydrogen-bond acceptors (Lipinski definition) is 4. The van der Waals surface area contributed by atoms with Gasteiger partial charge in [-0.3, -0.25) is 0 Å². The van der Waals surface area contributed by atoms with Crippen LogP contribution in [0.3, 0.4) is 0 Å². The van der Waals surface area contributed by atoms with Crippen molar-refractivity contribution in [1.82, 2.24) is 9.88 Å². The van der Waals surface area contributed by atoms with Crippen molar-refractivity contribution in [2.75, 3.05) is 13.1 Å². The molecule has 1 aliphatic rings. The van der Waals surface area contributed by atoms with Gasteiger partial charge in [0.25, 0.3) is 0 Å². The molecule has 5 nitrogen and oxygen atoms in total. The number of rotatable bonds is 4. The lowest BCUT2D eigenvalue weighted by molar-refractivity contribution is 0.0494. The molecule has 1 saturated heterocycles. The molecule has 1 amide bonds. The Labute approximate surface area is 140 Å². The van der Waals surface area contributed by atoms with E-state index in [9.17, 15) is 4.79 Å². The van der Waals surface area contributed by atoms with Crippen LogP contribution in [-0.2, 0) is 4.74 Å². The van der Waals surface area contributed by atoms with E-state index >= 15 is 0 Å². The molecule has 2 heterocycles. The zero-order chi connectivity index (χ0) is 16.1. The van der Waals surface area contributed by atoms with E-state index in [-0.39, 0.29) is 18.3 Å². The number of aromatic nitrogens is 1. The quantitative estimate of drug-likeness (QED) is 0.754. The lowest BCUT2D eigenvalue weighted by Gasteiger charge is -2.34. The molecule has 0 N–H and O–H groups in total. The maximum absolute atomic E-state index is 11.9. The largest absolute Gasteiger partial charge is 0.489 e. The van der Waals surface area contributed by atoms with Crippen molar-refractivity contribution in [3.8, 4) is 5.75 Å². The Balaban J connectivity index is 1.80. The summed E-state index contributed by atoms with van der Waals surface area (Å²) in [6, 6.07) is 3.77. The topological polar surface area (TPSA) is 51.7 Å². The normalized spacial score (nSPS) is 17.4. The summed E-state index contributed by atoms with van der Waals surface area (Å²) in [6.45, 7) is 7.26. The standard InChI is InChI=1S/C16H23BrN2O3/c1-11(2)21-16(20)19-8-6-13(7-9-19)12(3)22-14-4-5-15(17)18-10-14/h4-5,10-13H,6-9H2,1-3H3. The van der Waals surface area contributed by atoms with Crippen LogP contribution < -0.4 is 4.74 Å². The number of nitrogens with zero attached hydrogens (tertiary/aromatic N) is 2. The van der Waals surface area contributed by atoms with Gasteiger partial charge in [-0.2, -0.15) is 0 Å². The Morgan fingerprint density at radius 2 is 2.00 bits per heavy atom. The van der Waals surface area contributed by atoms with E-state index < -0.39 is 0 Å². The minimum atomic E-state index is -0.209. The second-order valence-electron chi connectivity index (χ2n) is 5.90. The highest BCUT2D eigenvalue weighted by atomic mass is 79.9. The third-order valence-corrected chi connectivity index (χ3v) is 4.29. The van der Waals surface area contributed by atoms with Crippen LogP contribution in [0, 0.1) is 5.92 Å². The van der Waals surface area contributed by atoms with E-state index in [0.717, 1.165) is 36.3 Å². The molecule has 1 atom stereocenters. The number of amides is 1. The summed E-state index contributed by atoms with van der Waals surface area (Å²) in [5.74, 6) is 1.21. The molecule has 0 bridgehead atoms. The van der Waals surface area contributed by atoms with Crippen LogP contribution in [0.2, 0.25) is 0 Å². The SMILES string of the molecule is CC(C)OC(=O)N1CCC(C(C)Oc2ccc(Br)nc2)CC1. The van der Waals surface area contributed by atoms with Crippen LogP contribution in [0.5, 0.6) is 5.75 Å². The fourth-order valence-corrected chi connectivity index (χ4v) is 2.80. The second-order valence-corrected chi connectivity index (χ2v) is 6.71. The van der Waals surface area contributed by atoms with Crippen LogP contribution in [0.4, 0.5) is 4.79 Å². The molecule has 0 saturated carbocycles. The zero-order valence-electron chi connectivity index (χ0n) is 13.3. The fourth-order valence-electron chi connectivity index (χ4n) is 2.57. The van der Waals surface area contributed by atoms with E-state index in [1.54, 1.807) is 11.1 Å².